The molecular formula is C11H15NO6S. The van der Waals surface area contributed by atoms with Gasteiger partial charge in [0.25, 0.3) is 0 Å². The third kappa shape index (κ3) is 1.95. The molecule has 0 aromatic rings. The summed E-state index contributed by atoms with van der Waals surface area (Å²) in [5.41, 5.74) is 4.22. The molecule has 1 aliphatic heterocycles. The largest absolute Gasteiger partial charge is 0.465 e. The van der Waals surface area contributed by atoms with E-state index in [2.05, 4.69) is 11.3 Å². The summed E-state index contributed by atoms with van der Waals surface area (Å²) >= 11 is 0. The van der Waals surface area contributed by atoms with Crippen LogP contribution in [0.4, 0.5) is 0 Å². The Morgan fingerprint density at radius 1 is 1.53 bits per heavy atom. The van der Waals surface area contributed by atoms with E-state index in [9.17, 15) is 18.0 Å². The van der Waals surface area contributed by atoms with Crippen LogP contribution < -0.4 is 5.73 Å². The van der Waals surface area contributed by atoms with Gasteiger partial charge in [-0.1, -0.05) is 6.58 Å². The Labute approximate surface area is 110 Å². The van der Waals surface area contributed by atoms with Crippen LogP contribution >= 0.6 is 0 Å². The number of nitrogens with two attached hydrogens (primary N) is 1. The van der Waals surface area contributed by atoms with Gasteiger partial charge in [-0.05, 0) is 6.92 Å². The smallest absolute Gasteiger partial charge is 0.327 e. The van der Waals surface area contributed by atoms with Crippen LogP contribution in [0.1, 0.15) is 6.92 Å². The van der Waals surface area contributed by atoms with Crippen molar-refractivity contribution in [2.45, 2.75) is 17.7 Å². The molecule has 0 aromatic carbocycles. The number of rotatable bonds is 4. The number of ether oxygens (including phenoxy) is 2. The first kappa shape index (κ1) is 14.0. The fourth-order valence-electron chi connectivity index (χ4n) is 2.77. The van der Waals surface area contributed by atoms with Gasteiger partial charge >= 0.3 is 11.9 Å². The molecule has 0 amide bonds. The lowest BCUT2D eigenvalue weighted by atomic mass is 9.95. The Kier molecular flexibility index (Phi) is 3.18. The van der Waals surface area contributed by atoms with Gasteiger partial charge in [-0.25, -0.2) is 8.42 Å². The molecule has 2 N–H and O–H groups in total. The number of hydrogen-bond donors (Lipinski definition) is 1. The van der Waals surface area contributed by atoms with E-state index in [4.69, 9.17) is 10.5 Å². The Hall–Kier alpha value is -1.41. The molecule has 0 aromatic heterocycles. The lowest BCUT2D eigenvalue weighted by Crippen LogP contribution is -2.54. The monoisotopic (exact) mass is 289 g/mol. The van der Waals surface area contributed by atoms with Crippen LogP contribution in [-0.2, 0) is 28.9 Å². The molecule has 1 saturated heterocycles. The number of hydrogen-bond acceptors (Lipinski definition) is 7. The van der Waals surface area contributed by atoms with Crippen LogP contribution in [0.3, 0.4) is 0 Å². The molecule has 4 atom stereocenters. The molecule has 0 unspecified atom stereocenters. The molecular weight excluding hydrogens is 274 g/mol. The molecule has 0 bridgehead atoms. The van der Waals surface area contributed by atoms with Crippen molar-refractivity contribution in [1.82, 2.24) is 0 Å². The molecule has 2 aliphatic rings. The number of esters is 2. The molecule has 2 rings (SSSR count). The first-order valence-corrected chi connectivity index (χ1v) is 7.50. The number of fused-ring (bicyclic) bond motifs is 1. The third-order valence-electron chi connectivity index (χ3n) is 3.53. The summed E-state index contributed by atoms with van der Waals surface area (Å²) in [7, 11) is -3.60. The Bertz CT molecular complexity index is 541. The maximum atomic E-state index is 11.9. The van der Waals surface area contributed by atoms with Gasteiger partial charge in [-0.2, -0.15) is 0 Å². The van der Waals surface area contributed by atoms with E-state index >= 15 is 0 Å². The molecule has 0 radical (unpaired) electrons. The van der Waals surface area contributed by atoms with E-state index in [-0.39, 0.29) is 6.61 Å². The lowest BCUT2D eigenvalue weighted by Gasteiger charge is -2.23. The average Bonchev–Trinajstić information content (AvgIpc) is 3.00. The predicted octanol–water partition coefficient (Wildman–Crippen LogP) is -1.02. The minimum atomic E-state index is -3.60. The first-order valence-electron chi connectivity index (χ1n) is 5.78. The highest BCUT2D eigenvalue weighted by atomic mass is 32.2. The molecule has 19 heavy (non-hydrogen) atoms. The minimum Gasteiger partial charge on any atom is -0.465 e. The fourth-order valence-corrected chi connectivity index (χ4v) is 5.43. The van der Waals surface area contributed by atoms with E-state index in [0.29, 0.717) is 0 Å². The SMILES string of the molecule is C=COC(=O)[C@@H]1[C@@H]2[C@H]1S(=O)(=O)C[C@@]2(N)C(=O)OCC. The molecule has 2 fully saturated rings. The standard InChI is InChI=1S/C11H15NO6S/c1-3-17-9(13)6-7-8(6)19(15,16)5-11(7,12)10(14)18-4-2/h3,6-8H,1,4-5,12H2,2H3/t6-,7-,8+,11+/m1/s1. The zero-order valence-corrected chi connectivity index (χ0v) is 11.2. The van der Waals surface area contributed by atoms with Gasteiger partial charge in [0.1, 0.15) is 5.54 Å². The van der Waals surface area contributed by atoms with Crippen molar-refractivity contribution in [2.75, 3.05) is 12.4 Å². The molecule has 8 heteroatoms. The lowest BCUT2D eigenvalue weighted by molar-refractivity contribution is -0.150. The van der Waals surface area contributed by atoms with E-state index in [1.165, 1.54) is 0 Å². The minimum absolute atomic E-state index is 0.0942. The topological polar surface area (TPSA) is 113 Å². The molecule has 7 nitrogen and oxygen atoms in total. The number of carbonyl (C=O) groups is 2. The second-order valence-corrected chi connectivity index (χ2v) is 6.85. The van der Waals surface area contributed by atoms with Gasteiger partial charge in [0, 0.05) is 5.92 Å². The normalized spacial score (nSPS) is 38.1. The molecule has 1 aliphatic carbocycles. The molecule has 0 spiro atoms. The summed E-state index contributed by atoms with van der Waals surface area (Å²) in [4.78, 5) is 23.4. The Balaban J connectivity index is 2.28. The van der Waals surface area contributed by atoms with Crippen LogP contribution in [0.5, 0.6) is 0 Å². The van der Waals surface area contributed by atoms with Crippen molar-refractivity contribution in [2.24, 2.45) is 17.6 Å². The van der Waals surface area contributed by atoms with Gasteiger partial charge < -0.3 is 15.2 Å². The van der Waals surface area contributed by atoms with Crippen LogP contribution in [-0.4, -0.2) is 43.5 Å². The molecule has 1 saturated carbocycles. The highest BCUT2D eigenvalue weighted by Crippen LogP contribution is 2.57. The second-order valence-electron chi connectivity index (χ2n) is 4.69. The van der Waals surface area contributed by atoms with Crippen LogP contribution in [0.2, 0.25) is 0 Å². The van der Waals surface area contributed by atoms with E-state index in [0.717, 1.165) is 6.26 Å². The zero-order chi connectivity index (χ0) is 14.4. The van der Waals surface area contributed by atoms with Gasteiger partial charge in [-0.3, -0.25) is 9.59 Å². The number of sulfone groups is 1. The quantitative estimate of drug-likeness (QED) is 0.520. The Morgan fingerprint density at radius 2 is 2.16 bits per heavy atom. The van der Waals surface area contributed by atoms with Crippen molar-refractivity contribution < 1.29 is 27.5 Å². The van der Waals surface area contributed by atoms with Crippen LogP contribution in [0.25, 0.3) is 0 Å². The summed E-state index contributed by atoms with van der Waals surface area (Å²) in [6.07, 6.45) is 0.922. The van der Waals surface area contributed by atoms with Crippen LogP contribution in [0, 0.1) is 11.8 Å². The summed E-state index contributed by atoms with van der Waals surface area (Å²) in [5.74, 6) is -3.70. The zero-order valence-electron chi connectivity index (χ0n) is 10.4. The van der Waals surface area contributed by atoms with Crippen molar-refractivity contribution in [3.05, 3.63) is 12.8 Å². The van der Waals surface area contributed by atoms with Crippen LogP contribution in [0.15, 0.2) is 12.8 Å². The average molecular weight is 289 g/mol. The van der Waals surface area contributed by atoms with E-state index in [1.807, 2.05) is 0 Å². The maximum Gasteiger partial charge on any atom is 0.327 e. The van der Waals surface area contributed by atoms with E-state index in [1.54, 1.807) is 6.92 Å². The second kappa shape index (κ2) is 4.31. The van der Waals surface area contributed by atoms with Crippen molar-refractivity contribution in [3.63, 3.8) is 0 Å². The Morgan fingerprint density at radius 3 is 2.68 bits per heavy atom. The summed E-state index contributed by atoms with van der Waals surface area (Å²) in [6, 6.07) is 0. The molecule has 106 valence electrons. The molecule has 1 heterocycles. The maximum absolute atomic E-state index is 11.9. The summed E-state index contributed by atoms with van der Waals surface area (Å²) in [5, 5.41) is -0.950. The third-order valence-corrected chi connectivity index (χ3v) is 5.83. The van der Waals surface area contributed by atoms with Gasteiger partial charge in [0.05, 0.1) is 29.8 Å². The highest BCUT2D eigenvalue weighted by molar-refractivity contribution is 7.92. The van der Waals surface area contributed by atoms with Crippen molar-refractivity contribution in [3.8, 4) is 0 Å². The predicted molar refractivity (Wildman–Crippen MR) is 64.4 cm³/mol. The summed E-state index contributed by atoms with van der Waals surface area (Å²) in [6.45, 7) is 4.92. The van der Waals surface area contributed by atoms with Gasteiger partial charge in [0.2, 0.25) is 0 Å². The van der Waals surface area contributed by atoms with Crippen molar-refractivity contribution in [1.29, 1.82) is 0 Å². The fraction of sp³-hybridized carbons (Fsp3) is 0.636. The van der Waals surface area contributed by atoms with E-state index < -0.39 is 50.2 Å². The van der Waals surface area contributed by atoms with Gasteiger partial charge in [0.15, 0.2) is 9.84 Å². The highest BCUT2D eigenvalue weighted by Gasteiger charge is 2.77. The van der Waals surface area contributed by atoms with Gasteiger partial charge in [-0.15, -0.1) is 0 Å². The number of carbonyl (C=O) groups excluding carboxylic acids is 2. The summed E-state index contributed by atoms with van der Waals surface area (Å²) < 4.78 is 33.2. The van der Waals surface area contributed by atoms with Crippen molar-refractivity contribution >= 4 is 21.8 Å². The first-order chi connectivity index (χ1) is 8.79.